The van der Waals surface area contributed by atoms with Gasteiger partial charge in [-0.1, -0.05) is 18.2 Å². The summed E-state index contributed by atoms with van der Waals surface area (Å²) in [7, 11) is 1.92. The van der Waals surface area contributed by atoms with Gasteiger partial charge in [-0.3, -0.25) is 9.58 Å². The molecular formula is C18H22N6O. The molecule has 1 saturated heterocycles. The van der Waals surface area contributed by atoms with Gasteiger partial charge in [0.15, 0.2) is 5.82 Å². The van der Waals surface area contributed by atoms with Crippen molar-refractivity contribution in [3.05, 3.63) is 60.4 Å². The van der Waals surface area contributed by atoms with E-state index in [1.165, 1.54) is 5.56 Å². The van der Waals surface area contributed by atoms with Gasteiger partial charge in [0.1, 0.15) is 6.33 Å². The first-order valence-electron chi connectivity index (χ1n) is 8.50. The Hall–Kier alpha value is -2.51. The molecule has 1 aromatic carbocycles. The SMILES string of the molecule is Cn1cc([C@@H]2CN(Cc3ncn(-c4ccccc4)n3)C[C@H]2CO)cn1. The van der Waals surface area contributed by atoms with Crippen LogP contribution in [-0.2, 0) is 13.6 Å². The first-order valence-corrected chi connectivity index (χ1v) is 8.50. The Labute approximate surface area is 146 Å². The second-order valence-corrected chi connectivity index (χ2v) is 6.63. The molecule has 3 heterocycles. The molecule has 0 amide bonds. The molecule has 1 aliphatic heterocycles. The van der Waals surface area contributed by atoms with Gasteiger partial charge in [0.25, 0.3) is 0 Å². The standard InChI is InChI=1S/C18H22N6O/c1-22-8-14(7-20-22)17-10-23(9-15(17)12-25)11-18-19-13-24(21-18)16-5-3-2-4-6-16/h2-8,13,15,17,25H,9-12H2,1H3/t15-,17-/m0/s1. The van der Waals surface area contributed by atoms with Crippen molar-refractivity contribution in [1.82, 2.24) is 29.4 Å². The minimum absolute atomic E-state index is 0.182. The summed E-state index contributed by atoms with van der Waals surface area (Å²) in [4.78, 5) is 6.75. The van der Waals surface area contributed by atoms with Crippen molar-refractivity contribution in [3.8, 4) is 5.69 Å². The summed E-state index contributed by atoms with van der Waals surface area (Å²) in [6.45, 7) is 2.60. The van der Waals surface area contributed by atoms with Gasteiger partial charge < -0.3 is 5.11 Å². The monoisotopic (exact) mass is 338 g/mol. The van der Waals surface area contributed by atoms with Gasteiger partial charge in [-0.05, 0) is 17.7 Å². The zero-order chi connectivity index (χ0) is 17.2. The number of likely N-dealkylation sites (tertiary alicyclic amines) is 1. The zero-order valence-electron chi connectivity index (χ0n) is 14.2. The second kappa shape index (κ2) is 6.78. The highest BCUT2D eigenvalue weighted by Crippen LogP contribution is 2.32. The molecule has 1 N–H and O–H groups in total. The van der Waals surface area contributed by atoms with E-state index in [0.717, 1.165) is 24.6 Å². The van der Waals surface area contributed by atoms with Gasteiger partial charge in [-0.25, -0.2) is 9.67 Å². The summed E-state index contributed by atoms with van der Waals surface area (Å²) in [5.74, 6) is 1.32. The number of aliphatic hydroxyl groups excluding tert-OH is 1. The van der Waals surface area contributed by atoms with E-state index in [2.05, 4.69) is 20.1 Å². The van der Waals surface area contributed by atoms with E-state index in [0.29, 0.717) is 12.5 Å². The van der Waals surface area contributed by atoms with Gasteiger partial charge in [0.05, 0.1) is 18.4 Å². The van der Waals surface area contributed by atoms with Crippen molar-refractivity contribution in [3.63, 3.8) is 0 Å². The number of para-hydroxylation sites is 1. The first kappa shape index (κ1) is 16.0. The number of aryl methyl sites for hydroxylation is 1. The van der Waals surface area contributed by atoms with E-state index in [1.54, 1.807) is 11.0 Å². The van der Waals surface area contributed by atoms with E-state index in [4.69, 9.17) is 0 Å². The Balaban J connectivity index is 1.46. The molecule has 2 aromatic heterocycles. The van der Waals surface area contributed by atoms with Crippen molar-refractivity contribution >= 4 is 0 Å². The molecule has 130 valence electrons. The molecule has 25 heavy (non-hydrogen) atoms. The Kier molecular flexibility index (Phi) is 4.33. The molecule has 0 radical (unpaired) electrons. The maximum absolute atomic E-state index is 9.75. The molecule has 0 aliphatic carbocycles. The van der Waals surface area contributed by atoms with Crippen LogP contribution in [0.15, 0.2) is 49.1 Å². The molecular weight excluding hydrogens is 316 g/mol. The van der Waals surface area contributed by atoms with Gasteiger partial charge >= 0.3 is 0 Å². The topological polar surface area (TPSA) is 72.0 Å². The predicted molar refractivity (Wildman–Crippen MR) is 93.2 cm³/mol. The molecule has 2 atom stereocenters. The summed E-state index contributed by atoms with van der Waals surface area (Å²) in [5.41, 5.74) is 2.19. The van der Waals surface area contributed by atoms with Gasteiger partial charge in [0, 0.05) is 44.8 Å². The summed E-state index contributed by atoms with van der Waals surface area (Å²) in [5, 5.41) is 18.6. The third-order valence-electron chi connectivity index (χ3n) is 4.83. The fourth-order valence-corrected chi connectivity index (χ4v) is 3.56. The molecule has 4 rings (SSSR count). The minimum atomic E-state index is 0.182. The molecule has 7 nitrogen and oxygen atoms in total. The number of hydrogen-bond acceptors (Lipinski definition) is 5. The highest BCUT2D eigenvalue weighted by atomic mass is 16.3. The number of rotatable bonds is 5. The third-order valence-corrected chi connectivity index (χ3v) is 4.83. The third kappa shape index (κ3) is 3.33. The second-order valence-electron chi connectivity index (χ2n) is 6.63. The van der Waals surface area contributed by atoms with Crippen molar-refractivity contribution in [2.75, 3.05) is 19.7 Å². The molecule has 7 heteroatoms. The fraction of sp³-hybridized carbons (Fsp3) is 0.389. The van der Waals surface area contributed by atoms with Crippen LogP contribution in [0.4, 0.5) is 0 Å². The Morgan fingerprint density at radius 2 is 2.04 bits per heavy atom. The minimum Gasteiger partial charge on any atom is -0.396 e. The normalized spacial score (nSPS) is 21.0. The molecule has 1 aliphatic rings. The number of benzene rings is 1. The lowest BCUT2D eigenvalue weighted by Gasteiger charge is -2.13. The average Bonchev–Trinajstić information content (AvgIpc) is 3.35. The molecule has 0 bridgehead atoms. The Morgan fingerprint density at radius 3 is 2.76 bits per heavy atom. The van der Waals surface area contributed by atoms with Gasteiger partial charge in [-0.2, -0.15) is 5.10 Å². The van der Waals surface area contributed by atoms with Crippen LogP contribution < -0.4 is 0 Å². The summed E-state index contributed by atoms with van der Waals surface area (Å²) >= 11 is 0. The van der Waals surface area contributed by atoms with Gasteiger partial charge in [-0.15, -0.1) is 5.10 Å². The Morgan fingerprint density at radius 1 is 1.20 bits per heavy atom. The lowest BCUT2D eigenvalue weighted by molar-refractivity contribution is 0.213. The van der Waals surface area contributed by atoms with E-state index >= 15 is 0 Å². The van der Waals surface area contributed by atoms with Crippen LogP contribution in [0.25, 0.3) is 5.69 Å². The summed E-state index contributed by atoms with van der Waals surface area (Å²) < 4.78 is 3.61. The van der Waals surface area contributed by atoms with Crippen LogP contribution in [-0.4, -0.2) is 54.2 Å². The van der Waals surface area contributed by atoms with Crippen LogP contribution >= 0.6 is 0 Å². The van der Waals surface area contributed by atoms with E-state index in [1.807, 2.05) is 54.5 Å². The zero-order valence-corrected chi connectivity index (χ0v) is 14.2. The lowest BCUT2D eigenvalue weighted by Crippen LogP contribution is -2.21. The van der Waals surface area contributed by atoms with E-state index in [-0.39, 0.29) is 12.5 Å². The van der Waals surface area contributed by atoms with Crippen molar-refractivity contribution in [2.45, 2.75) is 12.5 Å². The number of aromatic nitrogens is 5. The number of hydrogen-bond donors (Lipinski definition) is 1. The highest BCUT2D eigenvalue weighted by molar-refractivity contribution is 5.29. The van der Waals surface area contributed by atoms with Crippen LogP contribution in [0, 0.1) is 5.92 Å². The number of aliphatic hydroxyl groups is 1. The van der Waals surface area contributed by atoms with E-state index < -0.39 is 0 Å². The van der Waals surface area contributed by atoms with Gasteiger partial charge in [0.2, 0.25) is 0 Å². The summed E-state index contributed by atoms with van der Waals surface area (Å²) in [6.07, 6.45) is 5.70. The van der Waals surface area contributed by atoms with E-state index in [9.17, 15) is 5.11 Å². The molecule has 1 fully saturated rings. The number of nitrogens with zero attached hydrogens (tertiary/aromatic N) is 6. The largest absolute Gasteiger partial charge is 0.396 e. The Bertz CT molecular complexity index is 827. The average molecular weight is 338 g/mol. The van der Waals surface area contributed by atoms with Crippen molar-refractivity contribution in [1.29, 1.82) is 0 Å². The smallest absolute Gasteiger partial charge is 0.164 e. The molecule has 0 saturated carbocycles. The summed E-state index contributed by atoms with van der Waals surface area (Å²) in [6, 6.07) is 9.98. The molecule has 3 aromatic rings. The van der Waals surface area contributed by atoms with Crippen molar-refractivity contribution < 1.29 is 5.11 Å². The maximum atomic E-state index is 9.75. The van der Waals surface area contributed by atoms with Crippen LogP contribution in [0.2, 0.25) is 0 Å². The van der Waals surface area contributed by atoms with Crippen LogP contribution in [0.5, 0.6) is 0 Å². The molecule has 0 unspecified atom stereocenters. The first-order chi connectivity index (χ1) is 12.2. The highest BCUT2D eigenvalue weighted by Gasteiger charge is 2.34. The van der Waals surface area contributed by atoms with Crippen LogP contribution in [0.3, 0.4) is 0 Å². The van der Waals surface area contributed by atoms with Crippen LogP contribution in [0.1, 0.15) is 17.3 Å². The predicted octanol–water partition coefficient (Wildman–Crippen LogP) is 1.21. The maximum Gasteiger partial charge on any atom is 0.164 e. The van der Waals surface area contributed by atoms with Crippen molar-refractivity contribution in [2.24, 2.45) is 13.0 Å². The quantitative estimate of drug-likeness (QED) is 0.757. The molecule has 0 spiro atoms. The lowest BCUT2D eigenvalue weighted by atomic mass is 9.92. The fourth-order valence-electron chi connectivity index (χ4n) is 3.56.